The molecule has 0 aliphatic heterocycles. The highest BCUT2D eigenvalue weighted by molar-refractivity contribution is 7.17. The number of ether oxygens (including phenoxy) is 1. The predicted octanol–water partition coefficient (Wildman–Crippen LogP) is 10.4. The molecular weight excluding hydrogens is 705 g/mol. The second-order valence-corrected chi connectivity index (χ2v) is 15.6. The maximum Gasteiger partial charge on any atom is 0.328 e. The van der Waals surface area contributed by atoms with E-state index in [-0.39, 0.29) is 11.8 Å². The van der Waals surface area contributed by atoms with Gasteiger partial charge in [0.1, 0.15) is 12.1 Å². The summed E-state index contributed by atoms with van der Waals surface area (Å²) in [5.74, 6) is -1.60. The monoisotopic (exact) mass is 764 g/mol. The van der Waals surface area contributed by atoms with Crippen molar-refractivity contribution in [2.45, 2.75) is 142 Å². The summed E-state index contributed by atoms with van der Waals surface area (Å²) in [7, 11) is 1.36. The zero-order valence-corrected chi connectivity index (χ0v) is 33.6. The SMILES string of the molecule is CCCCCCCCCC(=O)NC(Cc1csc2ccccc12)C(=O)O.CCCCCCCCCC(=O)NC(Cc1csc2ccccc12)C(=O)OC. The molecule has 53 heavy (non-hydrogen) atoms. The molecule has 2 unspecified atom stereocenters. The van der Waals surface area contributed by atoms with Gasteiger partial charge >= 0.3 is 11.9 Å². The van der Waals surface area contributed by atoms with E-state index >= 15 is 0 Å². The lowest BCUT2D eigenvalue weighted by atomic mass is 10.0. The number of benzene rings is 2. The third kappa shape index (κ3) is 16.0. The summed E-state index contributed by atoms with van der Waals surface area (Å²) in [5, 5.41) is 21.3. The lowest BCUT2D eigenvalue weighted by molar-refractivity contribution is -0.145. The van der Waals surface area contributed by atoms with Gasteiger partial charge in [0.15, 0.2) is 0 Å². The van der Waals surface area contributed by atoms with E-state index in [4.69, 9.17) is 4.74 Å². The molecule has 10 heteroatoms. The maximum absolute atomic E-state index is 12.3. The minimum atomic E-state index is -0.979. The molecule has 2 aromatic carbocycles. The van der Waals surface area contributed by atoms with Crippen LogP contribution in [0.15, 0.2) is 59.3 Å². The molecule has 2 aromatic heterocycles. The van der Waals surface area contributed by atoms with Gasteiger partial charge in [-0.25, -0.2) is 9.59 Å². The number of hydrogen-bond acceptors (Lipinski definition) is 7. The van der Waals surface area contributed by atoms with Crippen molar-refractivity contribution >= 4 is 66.6 Å². The first-order valence-electron chi connectivity index (χ1n) is 19.6. The van der Waals surface area contributed by atoms with Gasteiger partial charge in [-0.15, -0.1) is 22.7 Å². The van der Waals surface area contributed by atoms with Crippen molar-refractivity contribution in [3.63, 3.8) is 0 Å². The Morgan fingerprint density at radius 3 is 1.43 bits per heavy atom. The fourth-order valence-corrected chi connectivity index (χ4v) is 8.33. The number of aliphatic carboxylic acids is 1. The van der Waals surface area contributed by atoms with Crippen LogP contribution in [-0.2, 0) is 36.8 Å². The van der Waals surface area contributed by atoms with E-state index in [2.05, 4.69) is 42.0 Å². The zero-order chi connectivity index (χ0) is 38.3. The van der Waals surface area contributed by atoms with Crippen molar-refractivity contribution in [2.24, 2.45) is 0 Å². The molecule has 4 rings (SSSR count). The first-order chi connectivity index (χ1) is 25.8. The first-order valence-corrected chi connectivity index (χ1v) is 21.3. The Kier molecular flexibility index (Phi) is 20.8. The van der Waals surface area contributed by atoms with Gasteiger partial charge in [-0.3, -0.25) is 9.59 Å². The number of hydrogen-bond donors (Lipinski definition) is 3. The molecular formula is C43H60N2O6S2. The van der Waals surface area contributed by atoms with Crippen LogP contribution in [0.5, 0.6) is 0 Å². The number of carbonyl (C=O) groups excluding carboxylic acids is 3. The number of carboxylic acid groups (broad SMARTS) is 1. The van der Waals surface area contributed by atoms with Crippen LogP contribution in [0.3, 0.4) is 0 Å². The van der Waals surface area contributed by atoms with Crippen LogP contribution in [0.2, 0.25) is 0 Å². The van der Waals surface area contributed by atoms with Crippen molar-refractivity contribution in [1.82, 2.24) is 10.6 Å². The van der Waals surface area contributed by atoms with Crippen LogP contribution in [0.25, 0.3) is 20.2 Å². The minimum absolute atomic E-state index is 0.0708. The number of fused-ring (bicyclic) bond motifs is 2. The second kappa shape index (κ2) is 25.3. The summed E-state index contributed by atoms with van der Waals surface area (Å²) in [4.78, 5) is 48.1. The fraction of sp³-hybridized carbons (Fsp3) is 0.535. The van der Waals surface area contributed by atoms with Crippen molar-refractivity contribution in [3.8, 4) is 0 Å². The smallest absolute Gasteiger partial charge is 0.328 e. The molecule has 0 aliphatic carbocycles. The van der Waals surface area contributed by atoms with E-state index in [9.17, 15) is 24.3 Å². The summed E-state index contributed by atoms with van der Waals surface area (Å²) < 4.78 is 7.23. The van der Waals surface area contributed by atoms with Gasteiger partial charge in [-0.05, 0) is 57.6 Å². The molecule has 4 aromatic rings. The summed E-state index contributed by atoms with van der Waals surface area (Å²) in [6, 6.07) is 14.6. The average Bonchev–Trinajstić information content (AvgIpc) is 3.77. The Labute approximate surface area is 324 Å². The highest BCUT2D eigenvalue weighted by Gasteiger charge is 2.24. The van der Waals surface area contributed by atoms with Crippen molar-refractivity contribution < 1.29 is 29.0 Å². The molecule has 2 amide bonds. The van der Waals surface area contributed by atoms with Crippen LogP contribution in [0, 0.1) is 0 Å². The van der Waals surface area contributed by atoms with Crippen LogP contribution in [-0.4, -0.2) is 48.1 Å². The number of nitrogens with one attached hydrogen (secondary N) is 2. The Morgan fingerprint density at radius 2 is 1.00 bits per heavy atom. The number of esters is 1. The van der Waals surface area contributed by atoms with Crippen LogP contribution < -0.4 is 10.6 Å². The van der Waals surface area contributed by atoms with Gasteiger partial charge in [0.25, 0.3) is 0 Å². The Balaban J connectivity index is 0.000000286. The molecule has 3 N–H and O–H groups in total. The Morgan fingerprint density at radius 1 is 0.604 bits per heavy atom. The Hall–Kier alpha value is -3.76. The quantitative estimate of drug-likeness (QED) is 0.0482. The van der Waals surface area contributed by atoms with Gasteiger partial charge in [-0.2, -0.15) is 0 Å². The van der Waals surface area contributed by atoms with Crippen molar-refractivity contribution in [2.75, 3.05) is 7.11 Å². The fourth-order valence-electron chi connectivity index (χ4n) is 6.38. The standard InChI is InChI=1S/C22H31NO3S.C21H29NO3S/c1-3-4-5-6-7-8-9-14-21(24)23-19(22(25)26-2)15-17-16-27-20-13-11-10-12-18(17)20;1-2-3-4-5-6-7-8-13-20(23)22-18(21(24)25)14-16-15-26-19-12-10-9-11-17(16)19/h10-13,16,19H,3-9,14-15H2,1-2H3,(H,23,24);9-12,15,18H,2-8,13-14H2,1H3,(H,22,23)(H,24,25). The number of rotatable bonds is 24. The summed E-state index contributed by atoms with van der Waals surface area (Å²) in [6.45, 7) is 4.41. The van der Waals surface area contributed by atoms with Crippen LogP contribution >= 0.6 is 22.7 Å². The van der Waals surface area contributed by atoms with Crippen LogP contribution in [0.1, 0.15) is 128 Å². The van der Waals surface area contributed by atoms with Crippen molar-refractivity contribution in [3.05, 3.63) is 70.4 Å². The molecule has 290 valence electrons. The third-order valence-electron chi connectivity index (χ3n) is 9.44. The summed E-state index contributed by atoms with van der Waals surface area (Å²) >= 11 is 3.26. The lowest BCUT2D eigenvalue weighted by Gasteiger charge is -2.16. The number of unbranched alkanes of at least 4 members (excludes halogenated alkanes) is 12. The molecule has 0 spiro atoms. The van der Waals surface area contributed by atoms with Crippen molar-refractivity contribution in [1.29, 1.82) is 0 Å². The average molecular weight is 765 g/mol. The van der Waals surface area contributed by atoms with Gasteiger partial charge < -0.3 is 20.5 Å². The van der Waals surface area contributed by atoms with Gasteiger partial charge in [0, 0.05) is 35.1 Å². The van der Waals surface area contributed by atoms with Gasteiger partial charge in [0.2, 0.25) is 11.8 Å². The normalized spacial score (nSPS) is 12.1. The van der Waals surface area contributed by atoms with E-state index in [1.165, 1.54) is 69.6 Å². The molecule has 0 aliphatic rings. The lowest BCUT2D eigenvalue weighted by Crippen LogP contribution is -2.42. The van der Waals surface area contributed by atoms with Crippen LogP contribution in [0.4, 0.5) is 0 Å². The molecule has 8 nitrogen and oxygen atoms in total. The molecule has 0 fully saturated rings. The summed E-state index contributed by atoms with van der Waals surface area (Å²) in [6.07, 6.45) is 17.8. The summed E-state index contributed by atoms with van der Waals surface area (Å²) in [5.41, 5.74) is 2.05. The topological polar surface area (TPSA) is 122 Å². The zero-order valence-electron chi connectivity index (χ0n) is 32.0. The molecule has 2 heterocycles. The maximum atomic E-state index is 12.3. The van der Waals surface area contributed by atoms with E-state index in [0.717, 1.165) is 58.7 Å². The Bertz CT molecular complexity index is 1680. The number of methoxy groups -OCH3 is 1. The highest BCUT2D eigenvalue weighted by atomic mass is 32.1. The van der Waals surface area contributed by atoms with Gasteiger partial charge in [0.05, 0.1) is 7.11 Å². The van der Waals surface area contributed by atoms with E-state index in [1.54, 1.807) is 22.7 Å². The number of carboxylic acids is 1. The molecule has 2 atom stereocenters. The minimum Gasteiger partial charge on any atom is -0.480 e. The second-order valence-electron chi connectivity index (χ2n) is 13.8. The van der Waals surface area contributed by atoms with E-state index < -0.39 is 24.0 Å². The highest BCUT2D eigenvalue weighted by Crippen LogP contribution is 2.28. The van der Waals surface area contributed by atoms with E-state index in [0.29, 0.717) is 25.7 Å². The molecule has 0 saturated heterocycles. The number of amides is 2. The largest absolute Gasteiger partial charge is 0.480 e. The first kappa shape index (κ1) is 43.6. The van der Waals surface area contributed by atoms with Gasteiger partial charge in [-0.1, -0.05) is 127 Å². The van der Waals surface area contributed by atoms with E-state index in [1.807, 2.05) is 41.8 Å². The predicted molar refractivity (Wildman–Crippen MR) is 220 cm³/mol. The third-order valence-corrected chi connectivity index (χ3v) is 11.5. The molecule has 0 saturated carbocycles. The number of thiophene rings is 2. The molecule has 0 bridgehead atoms. The number of carbonyl (C=O) groups is 4. The molecule has 0 radical (unpaired) electrons.